The maximum atomic E-state index is 12.6. The van der Waals surface area contributed by atoms with Gasteiger partial charge in [0.15, 0.2) is 9.84 Å². The van der Waals surface area contributed by atoms with Crippen molar-refractivity contribution in [2.45, 2.75) is 5.75 Å². The van der Waals surface area contributed by atoms with Gasteiger partial charge in [-0.05, 0) is 41.5 Å². The molecule has 0 unspecified atom stereocenters. The zero-order valence-electron chi connectivity index (χ0n) is 14.7. The van der Waals surface area contributed by atoms with Crippen LogP contribution in [0.25, 0.3) is 6.08 Å². The minimum Gasteiger partial charge on any atom is -0.497 e. The number of allylic oxidation sites excluding steroid dienone is 1. The van der Waals surface area contributed by atoms with E-state index in [1.165, 1.54) is 27.4 Å². The van der Waals surface area contributed by atoms with Crippen LogP contribution in [0, 0.1) is 11.3 Å². The maximum Gasteiger partial charge on any atom is 0.192 e. The second kappa shape index (κ2) is 8.41. The highest BCUT2D eigenvalue weighted by molar-refractivity contribution is 7.95. The number of benzene rings is 2. The highest BCUT2D eigenvalue weighted by Crippen LogP contribution is 2.26. The maximum absolute atomic E-state index is 12.6. The number of rotatable bonds is 7. The fourth-order valence-corrected chi connectivity index (χ4v) is 3.52. The lowest BCUT2D eigenvalue weighted by Gasteiger charge is -2.07. The third kappa shape index (κ3) is 4.77. The van der Waals surface area contributed by atoms with Crippen molar-refractivity contribution in [3.05, 3.63) is 58.5 Å². The summed E-state index contributed by atoms with van der Waals surface area (Å²) >= 11 is 0. The van der Waals surface area contributed by atoms with Crippen LogP contribution in [0.15, 0.2) is 47.4 Å². The van der Waals surface area contributed by atoms with Gasteiger partial charge in [0.1, 0.15) is 28.2 Å². The van der Waals surface area contributed by atoms with E-state index in [-0.39, 0.29) is 10.7 Å². The van der Waals surface area contributed by atoms with E-state index in [9.17, 15) is 13.7 Å². The van der Waals surface area contributed by atoms with Crippen molar-refractivity contribution in [3.8, 4) is 23.3 Å². The normalized spacial score (nSPS) is 11.5. The number of ether oxygens (including phenoxy) is 3. The second-order valence-corrected chi connectivity index (χ2v) is 7.33. The summed E-state index contributed by atoms with van der Waals surface area (Å²) in [6.45, 7) is 0. The average Bonchev–Trinajstić information content (AvgIpc) is 2.65. The summed E-state index contributed by atoms with van der Waals surface area (Å²) in [5, 5.41) is 9.36. The van der Waals surface area contributed by atoms with Crippen molar-refractivity contribution in [1.29, 1.82) is 5.26 Å². The van der Waals surface area contributed by atoms with Crippen LogP contribution < -0.4 is 14.2 Å². The van der Waals surface area contributed by atoms with Gasteiger partial charge in [0.2, 0.25) is 0 Å². The van der Waals surface area contributed by atoms with E-state index in [2.05, 4.69) is 0 Å². The van der Waals surface area contributed by atoms with Crippen LogP contribution in [-0.2, 0) is 15.6 Å². The summed E-state index contributed by atoms with van der Waals surface area (Å²) < 4.78 is 40.6. The van der Waals surface area contributed by atoms with Crippen LogP contribution in [-0.4, -0.2) is 29.7 Å². The molecule has 0 aliphatic carbocycles. The highest BCUT2D eigenvalue weighted by Gasteiger charge is 2.19. The Morgan fingerprint density at radius 3 is 1.96 bits per heavy atom. The molecule has 2 rings (SSSR count). The molecule has 2 aromatic carbocycles. The summed E-state index contributed by atoms with van der Waals surface area (Å²) in [5.41, 5.74) is 1.06. The predicted molar refractivity (Wildman–Crippen MR) is 98.8 cm³/mol. The number of nitriles is 1. The molecule has 0 fully saturated rings. The summed E-state index contributed by atoms with van der Waals surface area (Å²) in [6, 6.07) is 13.3. The Labute approximate surface area is 153 Å². The Morgan fingerprint density at radius 2 is 1.50 bits per heavy atom. The van der Waals surface area contributed by atoms with Gasteiger partial charge in [0.25, 0.3) is 0 Å². The molecule has 0 amide bonds. The Balaban J connectivity index is 2.36. The lowest BCUT2D eigenvalue weighted by molar-refractivity contribution is 0.394. The van der Waals surface area contributed by atoms with Crippen molar-refractivity contribution in [2.24, 2.45) is 0 Å². The zero-order chi connectivity index (χ0) is 19.2. The van der Waals surface area contributed by atoms with Crippen molar-refractivity contribution in [1.82, 2.24) is 0 Å². The molecule has 0 aromatic heterocycles. The highest BCUT2D eigenvalue weighted by atomic mass is 32.2. The fraction of sp³-hybridized carbons (Fsp3) is 0.211. The first-order chi connectivity index (χ1) is 12.4. The topological polar surface area (TPSA) is 85.6 Å². The van der Waals surface area contributed by atoms with E-state index in [0.29, 0.717) is 28.4 Å². The molecule has 7 heteroatoms. The van der Waals surface area contributed by atoms with Gasteiger partial charge in [0, 0.05) is 6.07 Å². The summed E-state index contributed by atoms with van der Waals surface area (Å²) in [7, 11) is 0.715. The van der Waals surface area contributed by atoms with E-state index in [4.69, 9.17) is 14.2 Å². The number of methoxy groups -OCH3 is 3. The smallest absolute Gasteiger partial charge is 0.192 e. The van der Waals surface area contributed by atoms with Gasteiger partial charge < -0.3 is 14.2 Å². The monoisotopic (exact) mass is 373 g/mol. The molecule has 0 bridgehead atoms. The lowest BCUT2D eigenvalue weighted by Crippen LogP contribution is -2.06. The Bertz CT molecular complexity index is 919. The molecule has 136 valence electrons. The largest absolute Gasteiger partial charge is 0.497 e. The average molecular weight is 373 g/mol. The fourth-order valence-electron chi connectivity index (χ4n) is 2.27. The first-order valence-corrected chi connectivity index (χ1v) is 9.27. The number of sulfone groups is 1. The third-order valence-electron chi connectivity index (χ3n) is 3.63. The van der Waals surface area contributed by atoms with Crippen LogP contribution in [0.4, 0.5) is 0 Å². The number of hydrogen-bond acceptors (Lipinski definition) is 6. The quantitative estimate of drug-likeness (QED) is 0.693. The van der Waals surface area contributed by atoms with E-state index in [0.717, 1.165) is 0 Å². The van der Waals surface area contributed by atoms with Crippen LogP contribution in [0.5, 0.6) is 17.2 Å². The molecular weight excluding hydrogens is 354 g/mol. The first kappa shape index (κ1) is 19.3. The SMILES string of the molecule is COc1ccc(CS(=O)(=O)/C(C#N)=C/c2cc(OC)cc(OC)c2)cc1. The number of nitrogens with zero attached hydrogens (tertiary/aromatic N) is 1. The molecule has 0 aliphatic rings. The lowest BCUT2D eigenvalue weighted by atomic mass is 10.2. The van der Waals surface area contributed by atoms with Crippen LogP contribution >= 0.6 is 0 Å². The third-order valence-corrected chi connectivity index (χ3v) is 5.23. The van der Waals surface area contributed by atoms with Crippen molar-refractivity contribution < 1.29 is 22.6 Å². The van der Waals surface area contributed by atoms with Gasteiger partial charge in [-0.2, -0.15) is 5.26 Å². The molecule has 0 aliphatic heterocycles. The molecule has 0 atom stereocenters. The summed E-state index contributed by atoms with van der Waals surface area (Å²) in [5.74, 6) is 1.35. The molecule has 0 saturated heterocycles. The van der Waals surface area contributed by atoms with Crippen LogP contribution in [0.1, 0.15) is 11.1 Å². The summed E-state index contributed by atoms with van der Waals surface area (Å²) in [4.78, 5) is -0.330. The van der Waals surface area contributed by atoms with E-state index in [1.54, 1.807) is 48.5 Å². The Morgan fingerprint density at radius 1 is 0.962 bits per heavy atom. The molecule has 0 radical (unpaired) electrons. The minimum absolute atomic E-state index is 0.280. The second-order valence-electron chi connectivity index (χ2n) is 5.37. The van der Waals surface area contributed by atoms with Gasteiger partial charge in [-0.3, -0.25) is 0 Å². The standard InChI is InChI=1S/C19H19NO5S/c1-23-16-6-4-14(5-7-16)13-26(21,22)19(12-20)10-15-8-17(24-2)11-18(9-15)25-3/h4-11H,13H2,1-3H3/b19-10+. The molecular formula is C19H19NO5S. The van der Waals surface area contributed by atoms with Crippen LogP contribution in [0.3, 0.4) is 0 Å². The Hall–Kier alpha value is -2.98. The van der Waals surface area contributed by atoms with Crippen molar-refractivity contribution in [2.75, 3.05) is 21.3 Å². The van der Waals surface area contributed by atoms with Crippen molar-refractivity contribution >= 4 is 15.9 Å². The summed E-state index contributed by atoms with van der Waals surface area (Å²) in [6.07, 6.45) is 1.31. The molecule has 0 saturated carbocycles. The molecule has 0 N–H and O–H groups in total. The van der Waals surface area contributed by atoms with E-state index < -0.39 is 9.84 Å². The van der Waals surface area contributed by atoms with E-state index >= 15 is 0 Å². The van der Waals surface area contributed by atoms with Gasteiger partial charge in [-0.1, -0.05) is 12.1 Å². The van der Waals surface area contributed by atoms with Gasteiger partial charge in [0.05, 0.1) is 27.1 Å². The molecule has 0 heterocycles. The molecule has 6 nitrogen and oxygen atoms in total. The first-order valence-electron chi connectivity index (χ1n) is 7.62. The van der Waals surface area contributed by atoms with Crippen LogP contribution in [0.2, 0.25) is 0 Å². The number of hydrogen-bond donors (Lipinski definition) is 0. The van der Waals surface area contributed by atoms with Gasteiger partial charge >= 0.3 is 0 Å². The van der Waals surface area contributed by atoms with Gasteiger partial charge in [-0.25, -0.2) is 8.42 Å². The van der Waals surface area contributed by atoms with Crippen molar-refractivity contribution in [3.63, 3.8) is 0 Å². The minimum atomic E-state index is -3.80. The molecule has 26 heavy (non-hydrogen) atoms. The van der Waals surface area contributed by atoms with E-state index in [1.807, 2.05) is 0 Å². The molecule has 0 spiro atoms. The zero-order valence-corrected chi connectivity index (χ0v) is 15.5. The molecule has 2 aromatic rings. The Kier molecular flexibility index (Phi) is 6.26. The van der Waals surface area contributed by atoms with Gasteiger partial charge in [-0.15, -0.1) is 0 Å². The predicted octanol–water partition coefficient (Wildman–Crippen LogP) is 3.19.